The Bertz CT molecular complexity index is 236. The maximum atomic E-state index is 10.9. The lowest BCUT2D eigenvalue weighted by molar-refractivity contribution is -0.146. The van der Waals surface area contributed by atoms with Gasteiger partial charge in [-0.05, 0) is 38.9 Å². The third-order valence-corrected chi connectivity index (χ3v) is 3.55. The van der Waals surface area contributed by atoms with Gasteiger partial charge in [-0.15, -0.1) is 0 Å². The first-order valence-electron chi connectivity index (χ1n) is 5.36. The van der Waals surface area contributed by atoms with Gasteiger partial charge < -0.3 is 14.6 Å². The first kappa shape index (κ1) is 12.7. The molecule has 0 amide bonds. The van der Waals surface area contributed by atoms with E-state index in [9.17, 15) is 9.90 Å². The van der Waals surface area contributed by atoms with Crippen LogP contribution in [0.3, 0.4) is 0 Å². The molecule has 0 aromatic carbocycles. The summed E-state index contributed by atoms with van der Waals surface area (Å²) in [5.41, 5.74) is 0. The second-order valence-corrected chi connectivity index (χ2v) is 9.71. The van der Waals surface area contributed by atoms with Crippen LogP contribution in [0.25, 0.3) is 0 Å². The molecule has 0 saturated heterocycles. The highest BCUT2D eigenvalue weighted by Crippen LogP contribution is 2.28. The van der Waals surface area contributed by atoms with Crippen LogP contribution >= 0.6 is 0 Å². The van der Waals surface area contributed by atoms with E-state index in [4.69, 9.17) is 9.53 Å². The van der Waals surface area contributed by atoms with E-state index in [0.717, 1.165) is 0 Å². The first-order chi connectivity index (χ1) is 6.78. The summed E-state index contributed by atoms with van der Waals surface area (Å²) in [5, 5.41) is 18.5. The minimum atomic E-state index is -1.64. The van der Waals surface area contributed by atoms with E-state index in [0.29, 0.717) is 19.3 Å². The number of hydrogen-bond donors (Lipinski definition) is 2. The molecule has 2 N–H and O–H groups in total. The molecule has 15 heavy (non-hydrogen) atoms. The lowest BCUT2D eigenvalue weighted by Crippen LogP contribution is -2.40. The third kappa shape index (κ3) is 4.32. The summed E-state index contributed by atoms with van der Waals surface area (Å²) < 4.78 is 5.84. The molecule has 1 fully saturated rings. The summed E-state index contributed by atoms with van der Waals surface area (Å²) in [6, 6.07) is 0. The second-order valence-electron chi connectivity index (χ2n) is 5.25. The molecular weight excluding hydrogens is 212 g/mol. The van der Waals surface area contributed by atoms with E-state index in [1.54, 1.807) is 0 Å². The van der Waals surface area contributed by atoms with Gasteiger partial charge in [0.1, 0.15) is 0 Å². The van der Waals surface area contributed by atoms with Gasteiger partial charge in [-0.3, -0.25) is 4.79 Å². The summed E-state index contributed by atoms with van der Waals surface area (Å²) in [7, 11) is -1.64. The van der Waals surface area contributed by atoms with Crippen molar-refractivity contribution in [3.05, 3.63) is 0 Å². The molecule has 4 nitrogen and oxygen atoms in total. The molecule has 0 aromatic heterocycles. The molecule has 0 bridgehead atoms. The molecule has 0 aromatic rings. The van der Waals surface area contributed by atoms with Gasteiger partial charge in [-0.1, -0.05) is 0 Å². The average Bonchev–Trinajstić information content (AvgIpc) is 1.99. The van der Waals surface area contributed by atoms with Crippen LogP contribution in [0, 0.1) is 5.92 Å². The molecule has 5 heteroatoms. The molecule has 1 saturated carbocycles. The topological polar surface area (TPSA) is 66.8 Å². The highest BCUT2D eigenvalue weighted by molar-refractivity contribution is 6.69. The van der Waals surface area contributed by atoms with Gasteiger partial charge in [-0.25, -0.2) is 0 Å². The molecule has 1 rings (SSSR count). The van der Waals surface area contributed by atoms with Crippen LogP contribution in [-0.4, -0.2) is 36.7 Å². The highest BCUT2D eigenvalue weighted by atomic mass is 28.4. The van der Waals surface area contributed by atoms with Crippen molar-refractivity contribution < 1.29 is 19.4 Å². The fraction of sp³-hybridized carbons (Fsp3) is 0.900. The minimum Gasteiger partial charge on any atom is -0.481 e. The smallest absolute Gasteiger partial charge is 0.306 e. The largest absolute Gasteiger partial charge is 0.481 e. The molecule has 0 radical (unpaired) electrons. The van der Waals surface area contributed by atoms with Crippen molar-refractivity contribution >= 4 is 14.3 Å². The summed E-state index contributed by atoms with van der Waals surface area (Å²) in [6.45, 7) is 6.22. The fourth-order valence-corrected chi connectivity index (χ4v) is 3.23. The number of aliphatic carboxylic acids is 1. The van der Waals surface area contributed by atoms with Crippen molar-refractivity contribution in [2.75, 3.05) is 0 Å². The van der Waals surface area contributed by atoms with Crippen molar-refractivity contribution in [1.29, 1.82) is 0 Å². The summed E-state index contributed by atoms with van der Waals surface area (Å²) in [6.07, 6.45) is 0.869. The lowest BCUT2D eigenvalue weighted by Gasteiger charge is -2.34. The predicted octanol–water partition coefficient (Wildman–Crippen LogP) is 1.45. The van der Waals surface area contributed by atoms with Gasteiger partial charge in [0.25, 0.3) is 0 Å². The molecular formula is C10H20O4Si. The SMILES string of the molecule is C[Si](C)(C)O[C@H]1C[C@@H](O)C[C@@H](C(=O)O)C1. The van der Waals surface area contributed by atoms with Crippen LogP contribution in [0.5, 0.6) is 0 Å². The summed E-state index contributed by atoms with van der Waals surface area (Å²) >= 11 is 0. The van der Waals surface area contributed by atoms with Gasteiger partial charge in [0.05, 0.1) is 12.0 Å². The number of hydrogen-bond acceptors (Lipinski definition) is 3. The van der Waals surface area contributed by atoms with E-state index in [1.807, 2.05) is 0 Å². The number of carboxylic acid groups (broad SMARTS) is 1. The Balaban J connectivity index is 2.56. The van der Waals surface area contributed by atoms with Gasteiger partial charge in [0, 0.05) is 6.10 Å². The molecule has 3 atom stereocenters. The Labute approximate surface area is 91.4 Å². The molecule has 88 valence electrons. The van der Waals surface area contributed by atoms with Gasteiger partial charge >= 0.3 is 5.97 Å². The van der Waals surface area contributed by atoms with Crippen LogP contribution in [0.2, 0.25) is 19.6 Å². The van der Waals surface area contributed by atoms with E-state index in [-0.39, 0.29) is 6.10 Å². The Kier molecular flexibility index (Phi) is 3.91. The zero-order chi connectivity index (χ0) is 11.6. The number of aliphatic hydroxyl groups is 1. The number of carboxylic acids is 1. The van der Waals surface area contributed by atoms with Crippen molar-refractivity contribution in [3.63, 3.8) is 0 Å². The van der Waals surface area contributed by atoms with E-state index >= 15 is 0 Å². The van der Waals surface area contributed by atoms with E-state index in [2.05, 4.69) is 19.6 Å². The lowest BCUT2D eigenvalue weighted by atomic mass is 9.85. The van der Waals surface area contributed by atoms with Crippen LogP contribution in [0.4, 0.5) is 0 Å². The molecule has 0 heterocycles. The third-order valence-electron chi connectivity index (χ3n) is 2.51. The summed E-state index contributed by atoms with van der Waals surface area (Å²) in [5.74, 6) is -1.27. The fourth-order valence-electron chi connectivity index (χ4n) is 2.04. The molecule has 1 aliphatic carbocycles. The Morgan fingerprint density at radius 1 is 1.27 bits per heavy atom. The van der Waals surface area contributed by atoms with Crippen LogP contribution < -0.4 is 0 Å². The Morgan fingerprint density at radius 2 is 1.87 bits per heavy atom. The monoisotopic (exact) mass is 232 g/mol. The van der Waals surface area contributed by atoms with Gasteiger partial charge in [0.15, 0.2) is 8.32 Å². The molecule has 0 unspecified atom stereocenters. The van der Waals surface area contributed by atoms with Crippen LogP contribution in [0.1, 0.15) is 19.3 Å². The molecule has 0 spiro atoms. The number of carbonyl (C=O) groups is 1. The summed E-state index contributed by atoms with van der Waals surface area (Å²) in [4.78, 5) is 10.9. The van der Waals surface area contributed by atoms with Gasteiger partial charge in [0.2, 0.25) is 0 Å². The standard InChI is InChI=1S/C10H20O4Si/c1-15(2,3)14-9-5-7(10(12)13)4-8(11)6-9/h7-9,11H,4-6H2,1-3H3,(H,12,13)/t7-,8+,9-/m1/s1. The zero-order valence-corrected chi connectivity index (χ0v) is 10.6. The maximum absolute atomic E-state index is 10.9. The zero-order valence-electron chi connectivity index (χ0n) is 9.56. The van der Waals surface area contributed by atoms with Crippen molar-refractivity contribution in [2.24, 2.45) is 5.92 Å². The Morgan fingerprint density at radius 3 is 2.33 bits per heavy atom. The number of rotatable bonds is 3. The van der Waals surface area contributed by atoms with Gasteiger partial charge in [-0.2, -0.15) is 0 Å². The molecule has 0 aliphatic heterocycles. The molecule has 1 aliphatic rings. The Hall–Kier alpha value is -0.393. The quantitative estimate of drug-likeness (QED) is 0.723. The van der Waals surface area contributed by atoms with E-state index < -0.39 is 26.3 Å². The van der Waals surface area contributed by atoms with Crippen molar-refractivity contribution in [2.45, 2.75) is 51.1 Å². The average molecular weight is 232 g/mol. The second kappa shape index (κ2) is 4.63. The normalized spacial score (nSPS) is 32.7. The van der Waals surface area contributed by atoms with Crippen molar-refractivity contribution in [1.82, 2.24) is 0 Å². The maximum Gasteiger partial charge on any atom is 0.306 e. The van der Waals surface area contributed by atoms with E-state index in [1.165, 1.54) is 0 Å². The number of aliphatic hydroxyl groups excluding tert-OH is 1. The van der Waals surface area contributed by atoms with Crippen LogP contribution in [0.15, 0.2) is 0 Å². The predicted molar refractivity (Wildman–Crippen MR) is 59.2 cm³/mol. The first-order valence-corrected chi connectivity index (χ1v) is 8.77. The minimum absolute atomic E-state index is 0.0819. The van der Waals surface area contributed by atoms with Crippen molar-refractivity contribution in [3.8, 4) is 0 Å². The highest BCUT2D eigenvalue weighted by Gasteiger charge is 2.34. The van der Waals surface area contributed by atoms with Crippen LogP contribution in [-0.2, 0) is 9.22 Å².